The smallest absolute Gasteiger partial charge is 0.445 e. The predicted molar refractivity (Wildman–Crippen MR) is 45.6 cm³/mol. The zero-order valence-electron chi connectivity index (χ0n) is 7.52. The second-order valence-corrected chi connectivity index (χ2v) is 3.37. The Bertz CT molecular complexity index is 345. The maximum atomic E-state index is 12.1. The quantitative estimate of drug-likeness (QED) is 0.546. The third-order valence-corrected chi connectivity index (χ3v) is 2.11. The second kappa shape index (κ2) is 6.06. The number of nitrogens with zero attached hydrogens (tertiary/aromatic N) is 1. The van der Waals surface area contributed by atoms with Crippen LogP contribution in [0.15, 0.2) is 16.7 Å². The topological polar surface area (TPSA) is 12.9 Å². The minimum atomic E-state index is -5.20. The van der Waals surface area contributed by atoms with Gasteiger partial charge in [0.2, 0.25) is 0 Å². The van der Waals surface area contributed by atoms with Crippen molar-refractivity contribution in [3.8, 4) is 0 Å². The Morgan fingerprint density at radius 2 is 1.80 bits per heavy atom. The number of rotatable bonds is 2. The number of aromatic nitrogens is 1. The molecule has 1 heterocycles. The number of pyridine rings is 1. The minimum Gasteiger partial charge on any atom is -0.445 e. The molecular formula is C6H3BBrF5KN. The summed E-state index contributed by atoms with van der Waals surface area (Å²) in [5.41, 5.74) is -1.69. The molecule has 0 aliphatic rings. The maximum absolute atomic E-state index is 12.1. The summed E-state index contributed by atoms with van der Waals surface area (Å²) in [5, 5.41) is 0. The number of alkyl halides is 2. The van der Waals surface area contributed by atoms with Crippen LogP contribution in [-0.2, 0) is 0 Å². The van der Waals surface area contributed by atoms with E-state index in [2.05, 4.69) is 20.9 Å². The van der Waals surface area contributed by atoms with Crippen LogP contribution in [0.1, 0.15) is 12.1 Å². The number of hydrogen-bond acceptors (Lipinski definition) is 1. The average molecular weight is 314 g/mol. The Kier molecular flexibility index (Phi) is 6.46. The van der Waals surface area contributed by atoms with Crippen LogP contribution in [0.25, 0.3) is 0 Å². The molecule has 0 N–H and O–H groups in total. The van der Waals surface area contributed by atoms with Crippen LogP contribution >= 0.6 is 15.9 Å². The molecule has 0 fully saturated rings. The molecule has 1 aromatic heterocycles. The van der Waals surface area contributed by atoms with Crippen molar-refractivity contribution < 1.29 is 73.1 Å². The van der Waals surface area contributed by atoms with Gasteiger partial charge >= 0.3 is 58.4 Å². The van der Waals surface area contributed by atoms with Crippen LogP contribution in [0.3, 0.4) is 0 Å². The Labute approximate surface area is 133 Å². The third-order valence-electron chi connectivity index (χ3n) is 1.48. The van der Waals surface area contributed by atoms with Crippen molar-refractivity contribution in [2.45, 2.75) is 6.43 Å². The first kappa shape index (κ1) is 16.0. The molecule has 0 unspecified atom stereocenters. The summed E-state index contributed by atoms with van der Waals surface area (Å²) in [7, 11) is 0. The predicted octanol–water partition coefficient (Wildman–Crippen LogP) is -0.160. The molecule has 9 heteroatoms. The van der Waals surface area contributed by atoms with Crippen molar-refractivity contribution in [1.29, 1.82) is 0 Å². The Morgan fingerprint density at radius 3 is 2.13 bits per heavy atom. The minimum absolute atomic E-state index is 0. The summed E-state index contributed by atoms with van der Waals surface area (Å²) in [4.78, 5) is 3.04. The van der Waals surface area contributed by atoms with Crippen molar-refractivity contribution in [3.63, 3.8) is 0 Å². The van der Waals surface area contributed by atoms with Gasteiger partial charge in [-0.15, -0.1) is 0 Å². The van der Waals surface area contributed by atoms with E-state index in [4.69, 9.17) is 0 Å². The molecule has 0 aliphatic heterocycles. The van der Waals surface area contributed by atoms with E-state index in [0.717, 1.165) is 0 Å². The standard InChI is InChI=1S/C6H3BBrF5N.K/c8-4-1-3(7(11,12)13)2-14-5(4)6(9)10;/h1-2,6H;/q-1;+1. The molecule has 0 atom stereocenters. The molecule has 0 radical (unpaired) electrons. The first-order chi connectivity index (χ1) is 6.32. The fourth-order valence-corrected chi connectivity index (χ4v) is 1.34. The zero-order chi connectivity index (χ0) is 10.9. The Morgan fingerprint density at radius 1 is 1.27 bits per heavy atom. The van der Waals surface area contributed by atoms with Gasteiger partial charge in [0.1, 0.15) is 5.69 Å². The number of hydrogen-bond donors (Lipinski definition) is 0. The molecule has 15 heavy (non-hydrogen) atoms. The van der Waals surface area contributed by atoms with E-state index in [0.29, 0.717) is 12.3 Å². The molecule has 0 spiro atoms. The van der Waals surface area contributed by atoms with E-state index in [1.807, 2.05) is 0 Å². The summed E-state index contributed by atoms with van der Waals surface area (Å²) < 4.78 is 60.2. The van der Waals surface area contributed by atoms with Gasteiger partial charge in [-0.05, 0) is 15.9 Å². The van der Waals surface area contributed by atoms with Crippen LogP contribution in [0.5, 0.6) is 0 Å². The molecule has 0 bridgehead atoms. The molecule has 0 saturated heterocycles. The van der Waals surface area contributed by atoms with E-state index < -0.39 is 24.6 Å². The summed E-state index contributed by atoms with van der Waals surface area (Å²) in [5.74, 6) is 0. The SMILES string of the molecule is FC(F)c1ncc([B-](F)(F)F)cc1Br.[K+]. The van der Waals surface area contributed by atoms with Crippen LogP contribution < -0.4 is 56.8 Å². The Hall–Kier alpha value is 0.981. The van der Waals surface area contributed by atoms with Gasteiger partial charge in [0.05, 0.1) is 0 Å². The fraction of sp³-hybridized carbons (Fsp3) is 0.167. The van der Waals surface area contributed by atoms with Gasteiger partial charge in [-0.2, -0.15) is 0 Å². The molecule has 1 rings (SSSR count). The van der Waals surface area contributed by atoms with Crippen LogP contribution in [0.4, 0.5) is 21.7 Å². The molecular weight excluding hydrogens is 311 g/mol. The van der Waals surface area contributed by atoms with Gasteiger partial charge in [-0.3, -0.25) is 4.98 Å². The van der Waals surface area contributed by atoms with E-state index in [-0.39, 0.29) is 55.9 Å². The molecule has 0 aromatic carbocycles. The fourth-order valence-electron chi connectivity index (χ4n) is 0.803. The first-order valence-corrected chi connectivity index (χ1v) is 4.25. The molecule has 1 aromatic rings. The van der Waals surface area contributed by atoms with Crippen LogP contribution in [-0.4, -0.2) is 12.0 Å². The summed E-state index contributed by atoms with van der Waals surface area (Å²) in [6, 6.07) is 0.606. The van der Waals surface area contributed by atoms with E-state index in [1.54, 1.807) is 0 Å². The molecule has 78 valence electrons. The Balaban J connectivity index is 0.00000196. The van der Waals surface area contributed by atoms with E-state index >= 15 is 0 Å². The normalized spacial score (nSPS) is 11.4. The summed E-state index contributed by atoms with van der Waals surface area (Å²) in [6.45, 7) is -5.20. The van der Waals surface area contributed by atoms with Gasteiger partial charge in [0.15, 0.2) is 0 Å². The van der Waals surface area contributed by atoms with Crippen LogP contribution in [0, 0.1) is 0 Å². The van der Waals surface area contributed by atoms with Crippen molar-refractivity contribution in [2.75, 3.05) is 0 Å². The summed E-state index contributed by atoms with van der Waals surface area (Å²) in [6.07, 6.45) is -2.48. The molecule has 0 aliphatic carbocycles. The van der Waals surface area contributed by atoms with Crippen LogP contribution in [0.2, 0.25) is 0 Å². The van der Waals surface area contributed by atoms with Gasteiger partial charge in [-0.25, -0.2) is 8.78 Å². The largest absolute Gasteiger partial charge is 1.00 e. The first-order valence-electron chi connectivity index (χ1n) is 3.46. The van der Waals surface area contributed by atoms with E-state index in [1.165, 1.54) is 0 Å². The van der Waals surface area contributed by atoms with Crippen molar-refractivity contribution in [1.82, 2.24) is 4.98 Å². The van der Waals surface area contributed by atoms with Gasteiger partial charge in [0.25, 0.3) is 6.43 Å². The molecule has 0 saturated carbocycles. The zero-order valence-corrected chi connectivity index (χ0v) is 12.2. The van der Waals surface area contributed by atoms with Crippen molar-refractivity contribution in [2.24, 2.45) is 0 Å². The van der Waals surface area contributed by atoms with E-state index in [9.17, 15) is 21.7 Å². The third kappa shape index (κ3) is 4.39. The van der Waals surface area contributed by atoms with Crippen molar-refractivity contribution >= 4 is 28.4 Å². The molecule has 0 amide bonds. The van der Waals surface area contributed by atoms with Gasteiger partial charge in [-0.1, -0.05) is 11.5 Å². The van der Waals surface area contributed by atoms with Gasteiger partial charge < -0.3 is 12.9 Å². The van der Waals surface area contributed by atoms with Crippen molar-refractivity contribution in [3.05, 3.63) is 22.4 Å². The summed E-state index contributed by atoms with van der Waals surface area (Å²) >= 11 is 2.61. The second-order valence-electron chi connectivity index (χ2n) is 2.51. The molecule has 1 nitrogen and oxygen atoms in total. The number of halogens is 6. The van der Waals surface area contributed by atoms with Gasteiger partial charge in [0, 0.05) is 10.7 Å². The average Bonchev–Trinajstić information content (AvgIpc) is 2.01. The monoisotopic (exact) mass is 313 g/mol. The maximum Gasteiger partial charge on any atom is 1.00 e.